The molecule has 6 nitrogen and oxygen atoms in total. The van der Waals surface area contributed by atoms with Gasteiger partial charge in [-0.2, -0.15) is 0 Å². The molecule has 0 spiro atoms. The summed E-state index contributed by atoms with van der Waals surface area (Å²) in [4.78, 5) is 20.8. The number of carbonyl (C=O) groups excluding carboxylic acids is 1. The molecule has 0 radical (unpaired) electrons. The van der Waals surface area contributed by atoms with E-state index in [-0.39, 0.29) is 12.7 Å². The normalized spacial score (nSPS) is 16.5. The van der Waals surface area contributed by atoms with Crippen molar-refractivity contribution in [1.29, 1.82) is 0 Å². The molecule has 1 aromatic heterocycles. The summed E-state index contributed by atoms with van der Waals surface area (Å²) in [6.07, 6.45) is 5.23. The molecule has 2 aromatic rings. The van der Waals surface area contributed by atoms with Crippen LogP contribution in [-0.4, -0.2) is 48.8 Å². The van der Waals surface area contributed by atoms with E-state index in [0.717, 1.165) is 36.0 Å². The zero-order valence-electron chi connectivity index (χ0n) is 13.8. The van der Waals surface area contributed by atoms with Crippen LogP contribution in [0.3, 0.4) is 0 Å². The largest absolute Gasteiger partial charge is 0.454 e. The van der Waals surface area contributed by atoms with Crippen molar-refractivity contribution in [3.05, 3.63) is 54.2 Å². The Morgan fingerprint density at radius 3 is 2.68 bits per heavy atom. The van der Waals surface area contributed by atoms with E-state index in [9.17, 15) is 4.79 Å². The smallest absolute Gasteiger partial charge is 0.246 e. The summed E-state index contributed by atoms with van der Waals surface area (Å²) in [6, 6.07) is 11.5. The maximum absolute atomic E-state index is 12.4. The molecule has 0 unspecified atom stereocenters. The highest BCUT2D eigenvalue weighted by molar-refractivity contribution is 5.92. The number of ether oxygens (including phenoxy) is 2. The molecular formula is C19H19N3O3. The Morgan fingerprint density at radius 1 is 1.04 bits per heavy atom. The lowest BCUT2D eigenvalue weighted by atomic mass is 10.2. The Labute approximate surface area is 146 Å². The van der Waals surface area contributed by atoms with Gasteiger partial charge in [-0.05, 0) is 35.9 Å². The lowest BCUT2D eigenvalue weighted by Crippen LogP contribution is -2.48. The maximum atomic E-state index is 12.4. The molecule has 6 heteroatoms. The van der Waals surface area contributed by atoms with Crippen molar-refractivity contribution in [1.82, 2.24) is 9.88 Å². The van der Waals surface area contributed by atoms with E-state index in [0.29, 0.717) is 13.1 Å². The molecule has 1 aromatic carbocycles. The molecule has 0 aliphatic carbocycles. The first-order chi connectivity index (χ1) is 12.3. The molecule has 3 heterocycles. The van der Waals surface area contributed by atoms with Gasteiger partial charge in [0.05, 0.1) is 0 Å². The predicted octanol–water partition coefficient (Wildman–Crippen LogP) is 2.17. The Morgan fingerprint density at radius 2 is 1.88 bits per heavy atom. The molecule has 2 aliphatic heterocycles. The number of piperazine rings is 1. The summed E-state index contributed by atoms with van der Waals surface area (Å²) in [5.41, 5.74) is 0.921. The van der Waals surface area contributed by atoms with Crippen molar-refractivity contribution < 1.29 is 14.3 Å². The lowest BCUT2D eigenvalue weighted by molar-refractivity contribution is -0.126. The second-order valence-electron chi connectivity index (χ2n) is 5.95. The summed E-state index contributed by atoms with van der Waals surface area (Å²) in [5, 5.41) is 0. The Kier molecular flexibility index (Phi) is 4.24. The van der Waals surface area contributed by atoms with Gasteiger partial charge in [-0.3, -0.25) is 4.79 Å². The number of aromatic nitrogens is 1. The third kappa shape index (κ3) is 3.42. The highest BCUT2D eigenvalue weighted by atomic mass is 16.7. The molecule has 0 N–H and O–H groups in total. The fourth-order valence-electron chi connectivity index (χ4n) is 2.99. The highest BCUT2D eigenvalue weighted by Gasteiger charge is 2.20. The van der Waals surface area contributed by atoms with E-state index in [1.54, 1.807) is 12.3 Å². The molecule has 4 rings (SSSR count). The second kappa shape index (κ2) is 6.84. The molecule has 1 saturated heterocycles. The molecule has 0 bridgehead atoms. The van der Waals surface area contributed by atoms with Gasteiger partial charge in [0, 0.05) is 38.5 Å². The fraction of sp³-hybridized carbons (Fsp3) is 0.263. The number of fused-ring (bicyclic) bond motifs is 1. The highest BCUT2D eigenvalue weighted by Crippen LogP contribution is 2.32. The van der Waals surface area contributed by atoms with E-state index in [1.165, 1.54) is 0 Å². The second-order valence-corrected chi connectivity index (χ2v) is 5.95. The summed E-state index contributed by atoms with van der Waals surface area (Å²) < 4.78 is 10.6. The zero-order chi connectivity index (χ0) is 17.1. The molecule has 2 aliphatic rings. The molecule has 25 heavy (non-hydrogen) atoms. The topological polar surface area (TPSA) is 54.9 Å². The van der Waals surface area contributed by atoms with Gasteiger partial charge in [0.25, 0.3) is 0 Å². The maximum Gasteiger partial charge on any atom is 0.246 e. The van der Waals surface area contributed by atoms with E-state index >= 15 is 0 Å². The van der Waals surface area contributed by atoms with Crippen LogP contribution in [0.1, 0.15) is 5.56 Å². The van der Waals surface area contributed by atoms with E-state index in [1.807, 2.05) is 47.4 Å². The number of carbonyl (C=O) groups is 1. The van der Waals surface area contributed by atoms with Crippen molar-refractivity contribution in [2.24, 2.45) is 0 Å². The number of amides is 1. The van der Waals surface area contributed by atoms with Crippen molar-refractivity contribution >= 4 is 17.8 Å². The number of rotatable bonds is 3. The van der Waals surface area contributed by atoms with Gasteiger partial charge in [0.1, 0.15) is 5.82 Å². The average Bonchev–Trinajstić information content (AvgIpc) is 3.15. The SMILES string of the molecule is O=C(C=Cc1ccc2c(c1)OCO2)N1CCN(c2ccccn2)CC1. The minimum Gasteiger partial charge on any atom is -0.454 e. The predicted molar refractivity (Wildman–Crippen MR) is 94.6 cm³/mol. The Hall–Kier alpha value is -3.02. The Balaban J connectivity index is 1.34. The van der Waals surface area contributed by atoms with Crippen LogP contribution >= 0.6 is 0 Å². The van der Waals surface area contributed by atoms with Gasteiger partial charge >= 0.3 is 0 Å². The molecule has 0 saturated carbocycles. The first-order valence-electron chi connectivity index (χ1n) is 8.32. The first-order valence-corrected chi connectivity index (χ1v) is 8.32. The van der Waals surface area contributed by atoms with Crippen LogP contribution in [0, 0.1) is 0 Å². The third-order valence-corrected chi connectivity index (χ3v) is 4.38. The van der Waals surface area contributed by atoms with Crippen LogP contribution in [0.4, 0.5) is 5.82 Å². The molecule has 128 valence electrons. The number of hydrogen-bond acceptors (Lipinski definition) is 5. The van der Waals surface area contributed by atoms with Gasteiger partial charge in [-0.25, -0.2) is 4.98 Å². The minimum absolute atomic E-state index is 0.0262. The van der Waals surface area contributed by atoms with Gasteiger partial charge in [-0.1, -0.05) is 12.1 Å². The number of hydrogen-bond donors (Lipinski definition) is 0. The number of pyridine rings is 1. The van der Waals surface area contributed by atoms with Crippen LogP contribution in [-0.2, 0) is 4.79 Å². The summed E-state index contributed by atoms with van der Waals surface area (Å²) >= 11 is 0. The van der Waals surface area contributed by atoms with Gasteiger partial charge in [-0.15, -0.1) is 0 Å². The standard InChI is InChI=1S/C19H19N3O3/c23-19(7-5-15-4-6-16-17(13-15)25-14-24-16)22-11-9-21(10-12-22)18-3-1-2-8-20-18/h1-8,13H,9-12,14H2. The van der Waals surface area contributed by atoms with Crippen LogP contribution < -0.4 is 14.4 Å². The van der Waals surface area contributed by atoms with Crippen LogP contribution in [0.2, 0.25) is 0 Å². The van der Waals surface area contributed by atoms with Crippen molar-refractivity contribution in [3.63, 3.8) is 0 Å². The van der Waals surface area contributed by atoms with Crippen LogP contribution in [0.5, 0.6) is 11.5 Å². The van der Waals surface area contributed by atoms with E-state index in [2.05, 4.69) is 9.88 Å². The van der Waals surface area contributed by atoms with Gasteiger partial charge in [0.2, 0.25) is 12.7 Å². The summed E-state index contributed by atoms with van der Waals surface area (Å²) in [5.74, 6) is 2.46. The quantitative estimate of drug-likeness (QED) is 0.804. The van der Waals surface area contributed by atoms with E-state index < -0.39 is 0 Å². The zero-order valence-corrected chi connectivity index (χ0v) is 13.8. The number of nitrogens with zero attached hydrogens (tertiary/aromatic N) is 3. The van der Waals surface area contributed by atoms with E-state index in [4.69, 9.17) is 9.47 Å². The molecule has 0 atom stereocenters. The average molecular weight is 337 g/mol. The summed E-state index contributed by atoms with van der Waals surface area (Å²) in [7, 11) is 0. The van der Waals surface area contributed by atoms with Crippen molar-refractivity contribution in [3.8, 4) is 11.5 Å². The third-order valence-electron chi connectivity index (χ3n) is 4.38. The van der Waals surface area contributed by atoms with Crippen molar-refractivity contribution in [2.75, 3.05) is 37.9 Å². The number of benzene rings is 1. The van der Waals surface area contributed by atoms with Crippen LogP contribution in [0.15, 0.2) is 48.7 Å². The lowest BCUT2D eigenvalue weighted by Gasteiger charge is -2.34. The molecule has 1 fully saturated rings. The first kappa shape index (κ1) is 15.5. The Bertz CT molecular complexity index is 784. The monoisotopic (exact) mass is 337 g/mol. The fourth-order valence-corrected chi connectivity index (χ4v) is 2.99. The molecular weight excluding hydrogens is 318 g/mol. The summed E-state index contributed by atoms with van der Waals surface area (Å²) in [6.45, 7) is 3.23. The van der Waals surface area contributed by atoms with Gasteiger partial charge in [0.15, 0.2) is 11.5 Å². The van der Waals surface area contributed by atoms with Gasteiger partial charge < -0.3 is 19.3 Å². The number of anilines is 1. The van der Waals surface area contributed by atoms with Crippen molar-refractivity contribution in [2.45, 2.75) is 0 Å². The molecule has 1 amide bonds. The van der Waals surface area contributed by atoms with Crippen LogP contribution in [0.25, 0.3) is 6.08 Å². The minimum atomic E-state index is 0.0262.